The summed E-state index contributed by atoms with van der Waals surface area (Å²) < 4.78 is 0. The molecule has 0 aromatic carbocycles. The summed E-state index contributed by atoms with van der Waals surface area (Å²) in [5.41, 5.74) is 0.991. The first-order valence-corrected chi connectivity index (χ1v) is 3.57. The first kappa shape index (κ1) is 8.58. The van der Waals surface area contributed by atoms with Crippen LogP contribution in [0.1, 0.15) is 6.92 Å². The van der Waals surface area contributed by atoms with Crippen LogP contribution >= 0.6 is 0 Å². The van der Waals surface area contributed by atoms with E-state index in [1.807, 2.05) is 11.8 Å². The minimum absolute atomic E-state index is 0.305. The molecule has 0 radical (unpaired) electrons. The standard InChI is InChI=1S/C7H11N3O2/c1-7(2)5-8-3-4-9(6-8)10(11)12/h3-4H,1,5-6H2,2H3. The van der Waals surface area contributed by atoms with Crippen LogP contribution < -0.4 is 0 Å². The summed E-state index contributed by atoms with van der Waals surface area (Å²) in [6.07, 6.45) is 3.14. The van der Waals surface area contributed by atoms with Crippen molar-refractivity contribution < 1.29 is 5.03 Å². The van der Waals surface area contributed by atoms with E-state index in [4.69, 9.17) is 0 Å². The van der Waals surface area contributed by atoms with Gasteiger partial charge in [-0.05, 0) is 6.92 Å². The highest BCUT2D eigenvalue weighted by molar-refractivity contribution is 4.97. The van der Waals surface area contributed by atoms with Crippen LogP contribution in [0.25, 0.3) is 0 Å². The van der Waals surface area contributed by atoms with Crippen molar-refractivity contribution in [3.63, 3.8) is 0 Å². The summed E-state index contributed by atoms with van der Waals surface area (Å²) in [6, 6.07) is 0. The molecule has 1 aliphatic rings. The van der Waals surface area contributed by atoms with E-state index in [1.54, 1.807) is 6.20 Å². The monoisotopic (exact) mass is 169 g/mol. The van der Waals surface area contributed by atoms with Gasteiger partial charge in [0, 0.05) is 12.7 Å². The third-order valence-electron chi connectivity index (χ3n) is 1.46. The molecule has 0 fully saturated rings. The molecule has 12 heavy (non-hydrogen) atoms. The van der Waals surface area contributed by atoms with Gasteiger partial charge in [-0.2, -0.15) is 0 Å². The maximum Gasteiger partial charge on any atom is 0.166 e. The lowest BCUT2D eigenvalue weighted by molar-refractivity contribution is -0.640. The largest absolute Gasteiger partial charge is 0.349 e. The molecule has 0 unspecified atom stereocenters. The van der Waals surface area contributed by atoms with E-state index in [9.17, 15) is 10.1 Å². The first-order valence-electron chi connectivity index (χ1n) is 3.57. The van der Waals surface area contributed by atoms with Crippen molar-refractivity contribution in [3.05, 3.63) is 34.7 Å². The summed E-state index contributed by atoms with van der Waals surface area (Å²) >= 11 is 0. The fourth-order valence-electron chi connectivity index (χ4n) is 1.01. The van der Waals surface area contributed by atoms with Crippen molar-refractivity contribution >= 4 is 0 Å². The van der Waals surface area contributed by atoms with Gasteiger partial charge < -0.3 is 4.90 Å². The van der Waals surface area contributed by atoms with E-state index in [0.29, 0.717) is 13.2 Å². The van der Waals surface area contributed by atoms with Gasteiger partial charge in [0.2, 0.25) is 0 Å². The predicted octanol–water partition coefficient (Wildman–Crippen LogP) is 0.800. The van der Waals surface area contributed by atoms with E-state index < -0.39 is 5.03 Å². The zero-order chi connectivity index (χ0) is 9.14. The third kappa shape index (κ3) is 1.98. The fraction of sp³-hybridized carbons (Fsp3) is 0.429. The molecule has 0 N–H and O–H groups in total. The number of rotatable bonds is 3. The lowest BCUT2D eigenvalue weighted by atomic mass is 10.3. The van der Waals surface area contributed by atoms with Crippen LogP contribution in [-0.2, 0) is 0 Å². The van der Waals surface area contributed by atoms with Crippen LogP contribution in [0.2, 0.25) is 0 Å². The molecule has 0 spiro atoms. The van der Waals surface area contributed by atoms with Gasteiger partial charge in [0.15, 0.2) is 11.7 Å². The maximum absolute atomic E-state index is 10.3. The molecule has 0 aromatic heterocycles. The van der Waals surface area contributed by atoms with Crippen molar-refractivity contribution in [2.45, 2.75) is 6.92 Å². The molecular formula is C7H11N3O2. The molecule has 1 rings (SSSR count). The zero-order valence-electron chi connectivity index (χ0n) is 6.93. The minimum Gasteiger partial charge on any atom is -0.349 e. The Hall–Kier alpha value is -1.52. The van der Waals surface area contributed by atoms with E-state index in [2.05, 4.69) is 6.58 Å². The van der Waals surface area contributed by atoms with Crippen LogP contribution in [0.15, 0.2) is 24.6 Å². The van der Waals surface area contributed by atoms with E-state index in [-0.39, 0.29) is 0 Å². The number of nitrogens with zero attached hydrogens (tertiary/aromatic N) is 3. The average Bonchev–Trinajstić information content (AvgIpc) is 2.34. The Labute approximate surface area is 70.7 Å². The van der Waals surface area contributed by atoms with Crippen molar-refractivity contribution in [3.8, 4) is 0 Å². The Bertz CT molecular complexity index is 237. The Kier molecular flexibility index (Phi) is 2.32. The van der Waals surface area contributed by atoms with Crippen LogP contribution in [-0.4, -0.2) is 28.2 Å². The van der Waals surface area contributed by atoms with Crippen LogP contribution in [0.5, 0.6) is 0 Å². The fourth-order valence-corrected chi connectivity index (χ4v) is 1.01. The van der Waals surface area contributed by atoms with Gasteiger partial charge in [0.1, 0.15) is 0 Å². The molecule has 0 saturated heterocycles. The average molecular weight is 169 g/mol. The highest BCUT2D eigenvalue weighted by Gasteiger charge is 2.19. The van der Waals surface area contributed by atoms with Gasteiger partial charge >= 0.3 is 0 Å². The van der Waals surface area contributed by atoms with Crippen LogP contribution in [0.4, 0.5) is 0 Å². The Balaban J connectivity index is 2.42. The Morgan fingerprint density at radius 3 is 2.83 bits per heavy atom. The third-order valence-corrected chi connectivity index (χ3v) is 1.46. The lowest BCUT2D eigenvalue weighted by Gasteiger charge is -2.14. The Morgan fingerprint density at radius 2 is 2.42 bits per heavy atom. The van der Waals surface area contributed by atoms with Gasteiger partial charge in [-0.25, -0.2) is 10.1 Å². The minimum atomic E-state index is -0.436. The number of nitro groups is 1. The topological polar surface area (TPSA) is 49.6 Å². The smallest absolute Gasteiger partial charge is 0.166 e. The second-order valence-electron chi connectivity index (χ2n) is 2.82. The maximum atomic E-state index is 10.3. The molecule has 5 heteroatoms. The molecule has 5 nitrogen and oxygen atoms in total. The quantitative estimate of drug-likeness (QED) is 0.356. The molecule has 0 amide bonds. The van der Waals surface area contributed by atoms with E-state index in [0.717, 1.165) is 10.6 Å². The molecule has 0 saturated carbocycles. The highest BCUT2D eigenvalue weighted by Crippen LogP contribution is 2.07. The van der Waals surface area contributed by atoms with Crippen LogP contribution in [0, 0.1) is 10.1 Å². The summed E-state index contributed by atoms with van der Waals surface area (Å²) in [7, 11) is 0. The first-order chi connectivity index (χ1) is 5.59. The predicted molar refractivity (Wildman–Crippen MR) is 44.4 cm³/mol. The van der Waals surface area contributed by atoms with E-state index in [1.165, 1.54) is 6.20 Å². The molecular weight excluding hydrogens is 158 g/mol. The molecule has 0 aromatic rings. The number of hydrazine groups is 1. The summed E-state index contributed by atoms with van der Waals surface area (Å²) in [5, 5.41) is 10.9. The van der Waals surface area contributed by atoms with Gasteiger partial charge in [-0.1, -0.05) is 17.2 Å². The summed E-state index contributed by atoms with van der Waals surface area (Å²) in [5.74, 6) is 0. The van der Waals surface area contributed by atoms with Crippen LogP contribution in [0.3, 0.4) is 0 Å². The molecule has 66 valence electrons. The molecule has 0 aliphatic carbocycles. The molecule has 1 heterocycles. The van der Waals surface area contributed by atoms with Crippen molar-refractivity contribution in [1.29, 1.82) is 0 Å². The summed E-state index contributed by atoms with van der Waals surface area (Å²) in [4.78, 5) is 12.1. The van der Waals surface area contributed by atoms with Gasteiger partial charge in [-0.15, -0.1) is 0 Å². The number of hydrogen-bond acceptors (Lipinski definition) is 3. The lowest BCUT2D eigenvalue weighted by Crippen LogP contribution is -2.30. The Morgan fingerprint density at radius 1 is 1.75 bits per heavy atom. The number of hydrogen-bond donors (Lipinski definition) is 0. The van der Waals surface area contributed by atoms with Gasteiger partial charge in [0.05, 0.1) is 6.20 Å². The van der Waals surface area contributed by atoms with Crippen molar-refractivity contribution in [2.24, 2.45) is 0 Å². The molecule has 1 aliphatic heterocycles. The highest BCUT2D eigenvalue weighted by atomic mass is 16.7. The molecule has 0 atom stereocenters. The second kappa shape index (κ2) is 3.25. The SMILES string of the molecule is C=C(C)CN1C=CN([N+](=O)[O-])C1. The second-order valence-corrected chi connectivity index (χ2v) is 2.82. The normalized spacial score (nSPS) is 15.4. The molecule has 0 bridgehead atoms. The van der Waals surface area contributed by atoms with Gasteiger partial charge in [0.25, 0.3) is 0 Å². The van der Waals surface area contributed by atoms with Gasteiger partial charge in [-0.3, -0.25) is 0 Å². The van der Waals surface area contributed by atoms with E-state index >= 15 is 0 Å². The van der Waals surface area contributed by atoms with Crippen molar-refractivity contribution in [1.82, 2.24) is 9.91 Å². The van der Waals surface area contributed by atoms with Crippen molar-refractivity contribution in [2.75, 3.05) is 13.2 Å². The zero-order valence-corrected chi connectivity index (χ0v) is 6.93. The summed E-state index contributed by atoms with van der Waals surface area (Å²) in [6.45, 7) is 6.59.